The zero-order valence-electron chi connectivity index (χ0n) is 10.1. The van der Waals surface area contributed by atoms with Crippen LogP contribution in [0, 0.1) is 5.92 Å². The molecule has 1 N–H and O–H groups in total. The lowest BCUT2D eigenvalue weighted by Crippen LogP contribution is -2.10. The van der Waals surface area contributed by atoms with Gasteiger partial charge in [0, 0.05) is 0 Å². The molecular weight excluding hydrogens is 216 g/mol. The van der Waals surface area contributed by atoms with Crippen LogP contribution in [0.4, 0.5) is 0 Å². The molecule has 0 radical (unpaired) electrons. The summed E-state index contributed by atoms with van der Waals surface area (Å²) in [5, 5.41) is 9.13. The first-order valence-corrected chi connectivity index (χ1v) is 6.01. The van der Waals surface area contributed by atoms with E-state index in [0.717, 1.165) is 11.1 Å². The molecule has 92 valence electrons. The van der Waals surface area contributed by atoms with Crippen LogP contribution in [0.1, 0.15) is 36.3 Å². The Labute approximate surface area is 101 Å². The van der Waals surface area contributed by atoms with Crippen molar-refractivity contribution in [2.75, 3.05) is 7.11 Å². The maximum Gasteiger partial charge on any atom is 0.306 e. The first kappa shape index (κ1) is 12.1. The fourth-order valence-corrected chi connectivity index (χ4v) is 2.24. The molecule has 3 heteroatoms. The maximum absolute atomic E-state index is 11.4. The van der Waals surface area contributed by atoms with Gasteiger partial charge < -0.3 is 9.84 Å². The number of aliphatic hydroxyl groups is 1. The second-order valence-electron chi connectivity index (χ2n) is 4.63. The van der Waals surface area contributed by atoms with Gasteiger partial charge in [-0.1, -0.05) is 24.3 Å². The van der Waals surface area contributed by atoms with Crippen LogP contribution in [-0.4, -0.2) is 18.2 Å². The Kier molecular flexibility index (Phi) is 3.79. The summed E-state index contributed by atoms with van der Waals surface area (Å²) >= 11 is 0. The highest BCUT2D eigenvalue weighted by Gasteiger charge is 2.33. The second-order valence-corrected chi connectivity index (χ2v) is 4.63. The molecule has 3 nitrogen and oxygen atoms in total. The Morgan fingerprint density at radius 3 is 2.88 bits per heavy atom. The van der Waals surface area contributed by atoms with E-state index in [0.29, 0.717) is 12.3 Å². The normalized spacial score (nSPS) is 16.6. The quantitative estimate of drug-likeness (QED) is 0.795. The third kappa shape index (κ3) is 3.07. The summed E-state index contributed by atoms with van der Waals surface area (Å²) in [6.45, 7) is 0.0451. The van der Waals surface area contributed by atoms with Crippen LogP contribution in [0.15, 0.2) is 24.3 Å². The van der Waals surface area contributed by atoms with Gasteiger partial charge in [0.1, 0.15) is 0 Å². The van der Waals surface area contributed by atoms with Crippen LogP contribution in [-0.2, 0) is 16.1 Å². The predicted octanol–water partition coefficient (Wildman–Crippen LogP) is 2.24. The van der Waals surface area contributed by atoms with Crippen molar-refractivity contribution in [2.45, 2.75) is 31.8 Å². The minimum absolute atomic E-state index is 0.0451. The standard InChI is InChI=1S/C14H18O3/c1-17-14(16)8-13(11-5-6-11)12-4-2-3-10(7-12)9-15/h2-4,7,11,13,15H,5-6,8-9H2,1H3/t13-/m0/s1. The number of benzene rings is 1. The fraction of sp³-hybridized carbons (Fsp3) is 0.500. The SMILES string of the molecule is COC(=O)C[C@H](c1cccc(CO)c1)C1CC1. The van der Waals surface area contributed by atoms with Crippen LogP contribution in [0.5, 0.6) is 0 Å². The summed E-state index contributed by atoms with van der Waals surface area (Å²) in [7, 11) is 1.43. The van der Waals surface area contributed by atoms with Gasteiger partial charge in [-0.3, -0.25) is 4.79 Å². The molecule has 0 unspecified atom stereocenters. The van der Waals surface area contributed by atoms with Crippen molar-refractivity contribution < 1.29 is 14.6 Å². The van der Waals surface area contributed by atoms with Gasteiger partial charge in [-0.2, -0.15) is 0 Å². The molecule has 1 aromatic rings. The van der Waals surface area contributed by atoms with E-state index in [1.807, 2.05) is 24.3 Å². The average molecular weight is 234 g/mol. The molecule has 1 atom stereocenters. The van der Waals surface area contributed by atoms with E-state index >= 15 is 0 Å². The van der Waals surface area contributed by atoms with Crippen molar-refractivity contribution in [3.63, 3.8) is 0 Å². The highest BCUT2D eigenvalue weighted by atomic mass is 16.5. The number of carbonyl (C=O) groups is 1. The summed E-state index contributed by atoms with van der Waals surface area (Å²) in [5.41, 5.74) is 2.04. The van der Waals surface area contributed by atoms with E-state index < -0.39 is 0 Å². The van der Waals surface area contributed by atoms with Crippen LogP contribution in [0.25, 0.3) is 0 Å². The van der Waals surface area contributed by atoms with E-state index in [1.165, 1.54) is 20.0 Å². The lowest BCUT2D eigenvalue weighted by molar-refractivity contribution is -0.141. The third-order valence-electron chi connectivity index (χ3n) is 3.37. The summed E-state index contributed by atoms with van der Waals surface area (Å²) in [6.07, 6.45) is 2.81. The van der Waals surface area contributed by atoms with Crippen LogP contribution >= 0.6 is 0 Å². The highest BCUT2D eigenvalue weighted by molar-refractivity contribution is 5.70. The van der Waals surface area contributed by atoms with Crippen molar-refractivity contribution in [1.82, 2.24) is 0 Å². The van der Waals surface area contributed by atoms with Gasteiger partial charge >= 0.3 is 5.97 Å². The molecule has 0 amide bonds. The predicted molar refractivity (Wildman–Crippen MR) is 64.5 cm³/mol. The van der Waals surface area contributed by atoms with Crippen LogP contribution in [0.3, 0.4) is 0 Å². The summed E-state index contributed by atoms with van der Waals surface area (Å²) in [5.74, 6) is 0.688. The van der Waals surface area contributed by atoms with Gasteiger partial charge in [-0.25, -0.2) is 0 Å². The third-order valence-corrected chi connectivity index (χ3v) is 3.37. The van der Waals surface area contributed by atoms with Gasteiger partial charge in [-0.05, 0) is 35.8 Å². The van der Waals surface area contributed by atoms with Crippen molar-refractivity contribution in [3.05, 3.63) is 35.4 Å². The first-order chi connectivity index (χ1) is 8.24. The van der Waals surface area contributed by atoms with Gasteiger partial charge in [0.25, 0.3) is 0 Å². The number of esters is 1. The number of hydrogen-bond donors (Lipinski definition) is 1. The summed E-state index contributed by atoms with van der Waals surface area (Å²) in [4.78, 5) is 11.4. The molecule has 1 saturated carbocycles. The van der Waals surface area contributed by atoms with E-state index in [2.05, 4.69) is 0 Å². The Hall–Kier alpha value is -1.35. The summed E-state index contributed by atoms with van der Waals surface area (Å²) in [6, 6.07) is 7.86. The molecule has 0 bridgehead atoms. The minimum Gasteiger partial charge on any atom is -0.469 e. The zero-order valence-corrected chi connectivity index (χ0v) is 10.1. The maximum atomic E-state index is 11.4. The zero-order chi connectivity index (χ0) is 12.3. The second kappa shape index (κ2) is 5.32. The monoisotopic (exact) mass is 234 g/mol. The first-order valence-electron chi connectivity index (χ1n) is 6.01. The number of methoxy groups -OCH3 is 1. The average Bonchev–Trinajstić information content (AvgIpc) is 3.20. The summed E-state index contributed by atoms with van der Waals surface area (Å²) < 4.78 is 4.75. The fourth-order valence-electron chi connectivity index (χ4n) is 2.24. The molecule has 0 heterocycles. The van der Waals surface area contributed by atoms with Crippen LogP contribution in [0.2, 0.25) is 0 Å². The van der Waals surface area contributed by atoms with Gasteiger partial charge in [-0.15, -0.1) is 0 Å². The molecule has 2 rings (SSSR count). The molecular formula is C14H18O3. The lowest BCUT2D eigenvalue weighted by Gasteiger charge is -2.16. The number of ether oxygens (including phenoxy) is 1. The molecule has 0 spiro atoms. The van der Waals surface area contributed by atoms with Crippen molar-refractivity contribution in [2.24, 2.45) is 5.92 Å². The van der Waals surface area contributed by atoms with Gasteiger partial charge in [0.2, 0.25) is 0 Å². The number of hydrogen-bond acceptors (Lipinski definition) is 3. The molecule has 17 heavy (non-hydrogen) atoms. The van der Waals surface area contributed by atoms with E-state index in [-0.39, 0.29) is 18.5 Å². The van der Waals surface area contributed by atoms with Crippen molar-refractivity contribution in [3.8, 4) is 0 Å². The molecule has 0 aromatic heterocycles. The number of carbonyl (C=O) groups excluding carboxylic acids is 1. The van der Waals surface area contributed by atoms with Crippen LogP contribution < -0.4 is 0 Å². The Morgan fingerprint density at radius 2 is 2.29 bits per heavy atom. The minimum atomic E-state index is -0.156. The Morgan fingerprint density at radius 1 is 1.53 bits per heavy atom. The van der Waals surface area contributed by atoms with E-state index in [9.17, 15) is 4.79 Å². The topological polar surface area (TPSA) is 46.5 Å². The number of rotatable bonds is 5. The van der Waals surface area contributed by atoms with Crippen molar-refractivity contribution in [1.29, 1.82) is 0 Å². The van der Waals surface area contributed by atoms with Gasteiger partial charge in [0.15, 0.2) is 0 Å². The lowest BCUT2D eigenvalue weighted by atomic mass is 9.90. The number of aliphatic hydroxyl groups excluding tert-OH is 1. The van der Waals surface area contributed by atoms with E-state index in [1.54, 1.807) is 0 Å². The van der Waals surface area contributed by atoms with E-state index in [4.69, 9.17) is 9.84 Å². The molecule has 0 saturated heterocycles. The van der Waals surface area contributed by atoms with Crippen molar-refractivity contribution >= 4 is 5.97 Å². The highest BCUT2D eigenvalue weighted by Crippen LogP contribution is 2.44. The van der Waals surface area contributed by atoms with Gasteiger partial charge in [0.05, 0.1) is 20.1 Å². The molecule has 1 fully saturated rings. The Bertz CT molecular complexity index is 396. The molecule has 1 aliphatic rings. The molecule has 0 aliphatic heterocycles. The Balaban J connectivity index is 2.16. The largest absolute Gasteiger partial charge is 0.469 e. The molecule has 1 aliphatic carbocycles. The smallest absolute Gasteiger partial charge is 0.306 e. The molecule has 1 aromatic carbocycles.